The van der Waals surface area contributed by atoms with E-state index in [9.17, 15) is 9.18 Å². The highest BCUT2D eigenvalue weighted by Gasteiger charge is 2.40. The van der Waals surface area contributed by atoms with Crippen LogP contribution in [0.3, 0.4) is 0 Å². The summed E-state index contributed by atoms with van der Waals surface area (Å²) in [5, 5.41) is 7.42. The lowest BCUT2D eigenvalue weighted by atomic mass is 10.1. The standard InChI is InChI=1S/C14H17FN6O2/c15-9-5-11(14(22)20-1-3-23-4-2-20)21(7-9)13-10-6-18-19-12(10)16-8-17-13/h6,8-9,11H,1-5,7H2,(H,16,17,18,19)/t9-,11+/m1/s1. The maximum atomic E-state index is 14.1. The molecule has 23 heavy (non-hydrogen) atoms. The first-order valence-corrected chi connectivity index (χ1v) is 7.65. The fourth-order valence-corrected chi connectivity index (χ4v) is 3.23. The molecule has 2 fully saturated rings. The fraction of sp³-hybridized carbons (Fsp3) is 0.571. The van der Waals surface area contributed by atoms with Crippen LogP contribution in [-0.4, -0.2) is 76.0 Å². The van der Waals surface area contributed by atoms with Crippen LogP contribution in [0.2, 0.25) is 0 Å². The number of halogens is 1. The molecule has 2 atom stereocenters. The molecule has 8 nitrogen and oxygen atoms in total. The van der Waals surface area contributed by atoms with E-state index in [1.54, 1.807) is 16.0 Å². The van der Waals surface area contributed by atoms with Gasteiger partial charge in [0, 0.05) is 19.5 Å². The third kappa shape index (κ3) is 2.50. The van der Waals surface area contributed by atoms with Gasteiger partial charge in [0.1, 0.15) is 24.4 Å². The minimum atomic E-state index is -1.05. The zero-order chi connectivity index (χ0) is 15.8. The fourth-order valence-electron chi connectivity index (χ4n) is 3.23. The van der Waals surface area contributed by atoms with Crippen LogP contribution >= 0.6 is 0 Å². The van der Waals surface area contributed by atoms with Gasteiger partial charge in [0.05, 0.1) is 31.3 Å². The summed E-state index contributed by atoms with van der Waals surface area (Å²) < 4.78 is 19.3. The number of carbonyl (C=O) groups is 1. The Morgan fingerprint density at radius 1 is 1.35 bits per heavy atom. The van der Waals surface area contributed by atoms with E-state index in [1.165, 1.54) is 6.33 Å². The van der Waals surface area contributed by atoms with Crippen molar-refractivity contribution >= 4 is 22.8 Å². The molecule has 2 aliphatic rings. The molecule has 2 aliphatic heterocycles. The molecule has 0 radical (unpaired) electrons. The smallest absolute Gasteiger partial charge is 0.245 e. The number of nitrogens with zero attached hydrogens (tertiary/aromatic N) is 5. The molecular weight excluding hydrogens is 303 g/mol. The summed E-state index contributed by atoms with van der Waals surface area (Å²) in [5.41, 5.74) is 0.579. The molecule has 2 aromatic heterocycles. The van der Waals surface area contributed by atoms with Crippen molar-refractivity contribution in [2.75, 3.05) is 37.7 Å². The average Bonchev–Trinajstić information content (AvgIpc) is 3.21. The van der Waals surface area contributed by atoms with Gasteiger partial charge in [-0.2, -0.15) is 5.10 Å². The van der Waals surface area contributed by atoms with Gasteiger partial charge < -0.3 is 14.5 Å². The molecule has 0 spiro atoms. The van der Waals surface area contributed by atoms with E-state index in [-0.39, 0.29) is 18.9 Å². The van der Waals surface area contributed by atoms with Gasteiger partial charge in [-0.3, -0.25) is 9.89 Å². The second-order valence-corrected chi connectivity index (χ2v) is 5.77. The topological polar surface area (TPSA) is 87.2 Å². The summed E-state index contributed by atoms with van der Waals surface area (Å²) in [7, 11) is 0. The van der Waals surface area contributed by atoms with Gasteiger partial charge in [-0.05, 0) is 0 Å². The van der Waals surface area contributed by atoms with Gasteiger partial charge in [0.15, 0.2) is 5.65 Å². The highest BCUT2D eigenvalue weighted by molar-refractivity contribution is 5.91. The third-order valence-corrected chi connectivity index (χ3v) is 4.36. The molecule has 4 heterocycles. The lowest BCUT2D eigenvalue weighted by Crippen LogP contribution is -2.50. The van der Waals surface area contributed by atoms with Crippen molar-refractivity contribution in [2.24, 2.45) is 0 Å². The lowest BCUT2D eigenvalue weighted by Gasteiger charge is -2.32. The maximum absolute atomic E-state index is 14.1. The number of hydrogen-bond acceptors (Lipinski definition) is 6. The van der Waals surface area contributed by atoms with Crippen LogP contribution in [0.25, 0.3) is 11.0 Å². The highest BCUT2D eigenvalue weighted by atomic mass is 19.1. The van der Waals surface area contributed by atoms with E-state index in [4.69, 9.17) is 4.74 Å². The molecule has 9 heteroatoms. The van der Waals surface area contributed by atoms with Crippen LogP contribution < -0.4 is 4.90 Å². The minimum absolute atomic E-state index is 0.0660. The van der Waals surface area contributed by atoms with E-state index in [0.717, 1.165) is 0 Å². The molecule has 122 valence electrons. The van der Waals surface area contributed by atoms with E-state index >= 15 is 0 Å². The quantitative estimate of drug-likeness (QED) is 0.846. The van der Waals surface area contributed by atoms with Crippen LogP contribution in [0.5, 0.6) is 0 Å². The maximum Gasteiger partial charge on any atom is 0.245 e. The Balaban J connectivity index is 1.66. The molecule has 0 aliphatic carbocycles. The van der Waals surface area contributed by atoms with Crippen molar-refractivity contribution < 1.29 is 13.9 Å². The Hall–Kier alpha value is -2.29. The zero-order valence-corrected chi connectivity index (χ0v) is 12.5. The summed E-state index contributed by atoms with van der Waals surface area (Å²) in [4.78, 5) is 24.6. The molecular formula is C14H17FN6O2. The van der Waals surface area contributed by atoms with Crippen molar-refractivity contribution in [1.29, 1.82) is 0 Å². The summed E-state index contributed by atoms with van der Waals surface area (Å²) in [6, 6.07) is -0.545. The van der Waals surface area contributed by atoms with Gasteiger partial charge in [0.2, 0.25) is 5.91 Å². The largest absolute Gasteiger partial charge is 0.378 e. The normalized spacial score (nSPS) is 25.3. The van der Waals surface area contributed by atoms with E-state index in [2.05, 4.69) is 20.2 Å². The monoisotopic (exact) mass is 320 g/mol. The summed E-state index contributed by atoms with van der Waals surface area (Å²) in [6.07, 6.45) is 2.13. The predicted molar refractivity (Wildman–Crippen MR) is 79.7 cm³/mol. The third-order valence-electron chi connectivity index (χ3n) is 4.36. The van der Waals surface area contributed by atoms with Gasteiger partial charge >= 0.3 is 0 Å². The van der Waals surface area contributed by atoms with E-state index < -0.39 is 12.2 Å². The first-order chi connectivity index (χ1) is 11.2. The Morgan fingerprint density at radius 2 is 2.17 bits per heavy atom. The molecule has 2 aromatic rings. The Kier molecular flexibility index (Phi) is 3.56. The van der Waals surface area contributed by atoms with Crippen molar-refractivity contribution in [1.82, 2.24) is 25.1 Å². The number of carbonyl (C=O) groups excluding carboxylic acids is 1. The number of fused-ring (bicyclic) bond motifs is 1. The number of aromatic nitrogens is 4. The number of morpholine rings is 1. The van der Waals surface area contributed by atoms with Gasteiger partial charge in [0.25, 0.3) is 0 Å². The molecule has 1 N–H and O–H groups in total. The van der Waals surface area contributed by atoms with Gasteiger partial charge in [-0.15, -0.1) is 0 Å². The van der Waals surface area contributed by atoms with Crippen LogP contribution in [0, 0.1) is 0 Å². The number of nitrogens with one attached hydrogen (secondary N) is 1. The van der Waals surface area contributed by atoms with Crippen molar-refractivity contribution in [3.8, 4) is 0 Å². The van der Waals surface area contributed by atoms with E-state index in [1.807, 2.05) is 0 Å². The average molecular weight is 320 g/mol. The number of rotatable bonds is 2. The Morgan fingerprint density at radius 3 is 3.00 bits per heavy atom. The second-order valence-electron chi connectivity index (χ2n) is 5.77. The van der Waals surface area contributed by atoms with Crippen molar-refractivity contribution in [3.63, 3.8) is 0 Å². The molecule has 0 aromatic carbocycles. The van der Waals surface area contributed by atoms with Crippen LogP contribution in [0.4, 0.5) is 10.2 Å². The predicted octanol–water partition coefficient (Wildman–Crippen LogP) is 0.128. The number of amides is 1. The van der Waals surface area contributed by atoms with Gasteiger partial charge in [-0.1, -0.05) is 0 Å². The highest BCUT2D eigenvalue weighted by Crippen LogP contribution is 2.31. The number of H-pyrrole nitrogens is 1. The summed E-state index contributed by atoms with van der Waals surface area (Å²) in [5.74, 6) is 0.485. The van der Waals surface area contributed by atoms with Gasteiger partial charge in [-0.25, -0.2) is 14.4 Å². The lowest BCUT2D eigenvalue weighted by molar-refractivity contribution is -0.136. The molecule has 0 saturated carbocycles. The van der Waals surface area contributed by atoms with Crippen molar-refractivity contribution in [2.45, 2.75) is 18.6 Å². The molecule has 0 bridgehead atoms. The molecule has 2 saturated heterocycles. The molecule has 1 amide bonds. The SMILES string of the molecule is O=C([C@@H]1C[C@@H](F)CN1c1ncnc2[nH]ncc12)N1CCOCC1. The molecule has 4 rings (SSSR count). The van der Waals surface area contributed by atoms with Crippen LogP contribution in [0.1, 0.15) is 6.42 Å². The minimum Gasteiger partial charge on any atom is -0.378 e. The van der Waals surface area contributed by atoms with Crippen LogP contribution in [0.15, 0.2) is 12.5 Å². The second kappa shape index (κ2) is 5.73. The number of anilines is 1. The first kappa shape index (κ1) is 14.3. The van der Waals surface area contributed by atoms with Crippen LogP contribution in [-0.2, 0) is 9.53 Å². The number of alkyl halides is 1. The van der Waals surface area contributed by atoms with Crippen molar-refractivity contribution in [3.05, 3.63) is 12.5 Å². The zero-order valence-electron chi connectivity index (χ0n) is 12.5. The number of ether oxygens (including phenoxy) is 1. The number of aromatic amines is 1. The number of hydrogen-bond donors (Lipinski definition) is 1. The summed E-state index contributed by atoms with van der Waals surface area (Å²) >= 11 is 0. The Labute approximate surface area is 131 Å². The van der Waals surface area contributed by atoms with E-state index in [0.29, 0.717) is 43.2 Å². The summed E-state index contributed by atoms with van der Waals surface area (Å²) in [6.45, 7) is 2.29. The first-order valence-electron chi connectivity index (χ1n) is 7.65. The molecule has 0 unspecified atom stereocenters. The Bertz CT molecular complexity index is 716.